The molecule has 0 fully saturated rings. The van der Waals surface area contributed by atoms with Crippen molar-refractivity contribution < 1.29 is 36.0 Å². The van der Waals surface area contributed by atoms with E-state index in [-0.39, 0.29) is 57.9 Å². The van der Waals surface area contributed by atoms with Gasteiger partial charge >= 0.3 is 0 Å². The molecule has 14 heteroatoms. The number of benzene rings is 2. The van der Waals surface area contributed by atoms with Gasteiger partial charge in [0.05, 0.1) is 35.3 Å². The van der Waals surface area contributed by atoms with Crippen LogP contribution in [0.25, 0.3) is 0 Å². The molecule has 3 atom stereocenters. The fourth-order valence-electron chi connectivity index (χ4n) is 4.84. The smallest absolute Gasteiger partial charge is 0.267 e. The van der Waals surface area contributed by atoms with E-state index in [1.54, 1.807) is 19.1 Å². The second-order valence-electron chi connectivity index (χ2n) is 10.7. The number of aryl methyl sites for hydroxylation is 3. The molecule has 1 aliphatic heterocycles. The normalized spacial score (nSPS) is 18.7. The Balaban J connectivity index is 1.78. The van der Waals surface area contributed by atoms with Crippen LogP contribution in [0.4, 0.5) is 5.69 Å². The number of nitrogens with zero attached hydrogens (tertiary/aromatic N) is 3. The fraction of sp³-hybridized carbons (Fsp3) is 0.429. The number of sulfonamides is 2. The number of carbonyl (C=O) groups is 1. The summed E-state index contributed by atoms with van der Waals surface area (Å²) in [5, 5.41) is 13.6. The number of likely N-dealkylation sites (N-methyl/N-ethyl adjacent to an activating group) is 1. The van der Waals surface area contributed by atoms with Crippen molar-refractivity contribution in [2.75, 3.05) is 31.5 Å². The summed E-state index contributed by atoms with van der Waals surface area (Å²) in [6, 6.07) is 10.4. The highest BCUT2D eigenvalue weighted by Crippen LogP contribution is 2.37. The number of fused-ring (bicyclic) bond motifs is 1. The van der Waals surface area contributed by atoms with Crippen LogP contribution >= 0.6 is 0 Å². The molecule has 0 unspecified atom stereocenters. The van der Waals surface area contributed by atoms with Crippen LogP contribution < -0.4 is 9.46 Å². The second kappa shape index (κ2) is 12.0. The number of rotatable bonds is 9. The van der Waals surface area contributed by atoms with Crippen LogP contribution in [0.1, 0.15) is 41.2 Å². The van der Waals surface area contributed by atoms with Gasteiger partial charge in [-0.05, 0) is 52.0 Å². The Bertz CT molecular complexity index is 1650. The lowest BCUT2D eigenvalue weighted by Gasteiger charge is -2.38. The minimum Gasteiger partial charge on any atom is -0.486 e. The number of nitrogens with one attached hydrogen (secondary N) is 1. The van der Waals surface area contributed by atoms with E-state index >= 15 is 0 Å². The van der Waals surface area contributed by atoms with Gasteiger partial charge in [0, 0.05) is 19.5 Å². The quantitative estimate of drug-likeness (QED) is 0.367. The SMILES string of the molecule is Cc1ccc(S(=O)(=O)N(C)C[C@@H]2Oc3c(NS(=O)(=O)c4c(C)noc4C)cccc3C(=O)N([C@H](C)CO)C[C@@H]2C)cc1. The Hall–Kier alpha value is -3.46. The zero-order valence-electron chi connectivity index (χ0n) is 24.4. The predicted molar refractivity (Wildman–Crippen MR) is 155 cm³/mol. The zero-order chi connectivity index (χ0) is 31.0. The molecule has 1 aromatic heterocycles. The first kappa shape index (κ1) is 31.5. The lowest BCUT2D eigenvalue weighted by atomic mass is 9.99. The molecular formula is C28H36N4O8S2. The molecule has 12 nitrogen and oxygen atoms in total. The Morgan fingerprint density at radius 3 is 2.38 bits per heavy atom. The summed E-state index contributed by atoms with van der Waals surface area (Å²) in [7, 11) is -6.67. The van der Waals surface area contributed by atoms with E-state index in [1.165, 1.54) is 60.4 Å². The highest BCUT2D eigenvalue weighted by atomic mass is 32.2. The van der Waals surface area contributed by atoms with Crippen molar-refractivity contribution in [1.29, 1.82) is 0 Å². The van der Waals surface area contributed by atoms with Crippen LogP contribution in [0.5, 0.6) is 5.75 Å². The van der Waals surface area contributed by atoms with Crippen LogP contribution in [-0.4, -0.2) is 81.1 Å². The molecule has 0 aliphatic carbocycles. The highest BCUT2D eigenvalue weighted by molar-refractivity contribution is 7.92. The summed E-state index contributed by atoms with van der Waals surface area (Å²) in [6.45, 7) is 8.09. The van der Waals surface area contributed by atoms with Crippen molar-refractivity contribution in [3.63, 3.8) is 0 Å². The number of ether oxygens (including phenoxy) is 1. The first-order chi connectivity index (χ1) is 19.7. The average molecular weight is 621 g/mol. The molecule has 2 aromatic carbocycles. The number of aromatic nitrogens is 1. The largest absolute Gasteiger partial charge is 0.486 e. The molecule has 0 saturated heterocycles. The van der Waals surface area contributed by atoms with Crippen LogP contribution in [0.2, 0.25) is 0 Å². The van der Waals surface area contributed by atoms with Crippen molar-refractivity contribution in [2.24, 2.45) is 5.92 Å². The third-order valence-electron chi connectivity index (χ3n) is 7.34. The zero-order valence-corrected chi connectivity index (χ0v) is 26.0. The monoisotopic (exact) mass is 620 g/mol. The molecule has 228 valence electrons. The van der Waals surface area contributed by atoms with Gasteiger partial charge in [0.2, 0.25) is 10.0 Å². The van der Waals surface area contributed by atoms with Gasteiger partial charge in [-0.1, -0.05) is 35.8 Å². The minimum atomic E-state index is -4.21. The summed E-state index contributed by atoms with van der Waals surface area (Å²) in [4.78, 5) is 15.2. The van der Waals surface area contributed by atoms with Crippen molar-refractivity contribution in [2.45, 2.75) is 56.6 Å². The Morgan fingerprint density at radius 2 is 1.79 bits per heavy atom. The van der Waals surface area contributed by atoms with Crippen LogP contribution in [0.3, 0.4) is 0 Å². The predicted octanol–water partition coefficient (Wildman–Crippen LogP) is 2.94. The van der Waals surface area contributed by atoms with Gasteiger partial charge in [-0.2, -0.15) is 4.31 Å². The topological polar surface area (TPSA) is 159 Å². The van der Waals surface area contributed by atoms with Crippen LogP contribution in [0.15, 0.2) is 56.8 Å². The van der Waals surface area contributed by atoms with Gasteiger partial charge in [0.15, 0.2) is 16.4 Å². The second-order valence-corrected chi connectivity index (χ2v) is 14.3. The summed E-state index contributed by atoms with van der Waals surface area (Å²) in [6.07, 6.45) is -0.805. The number of para-hydroxylation sites is 1. The van der Waals surface area contributed by atoms with Gasteiger partial charge in [-0.3, -0.25) is 9.52 Å². The van der Waals surface area contributed by atoms with Gasteiger partial charge in [-0.15, -0.1) is 0 Å². The minimum absolute atomic E-state index is 0.0133. The molecule has 0 radical (unpaired) electrons. The lowest BCUT2D eigenvalue weighted by Crippen LogP contribution is -2.50. The standard InChI is InChI=1S/C28H36N4O8S2/c1-17-10-12-22(13-11-17)42(37,38)31(6)15-25-18(2)14-32(19(3)16-33)28(34)23-8-7-9-24(26(23)39-25)30-41(35,36)27-20(4)29-40-21(27)5/h7-13,18-19,25,30,33H,14-16H2,1-6H3/t18-,19+,25-/m0/s1. The number of hydrogen-bond donors (Lipinski definition) is 2. The molecule has 1 amide bonds. The summed E-state index contributed by atoms with van der Waals surface area (Å²) in [5.74, 6) is -0.839. The first-order valence-corrected chi connectivity index (χ1v) is 16.3. The Labute approximate surface area is 246 Å². The number of aliphatic hydroxyl groups excluding tert-OH is 1. The molecule has 1 aliphatic rings. The fourth-order valence-corrected chi connectivity index (χ4v) is 7.41. The lowest BCUT2D eigenvalue weighted by molar-refractivity contribution is 0.0389. The van der Waals surface area contributed by atoms with E-state index in [2.05, 4.69) is 9.88 Å². The van der Waals surface area contributed by atoms with E-state index in [9.17, 15) is 26.7 Å². The maximum Gasteiger partial charge on any atom is 0.267 e. The number of aliphatic hydroxyl groups is 1. The van der Waals surface area contributed by atoms with E-state index in [1.807, 2.05) is 13.8 Å². The summed E-state index contributed by atoms with van der Waals surface area (Å²) >= 11 is 0. The van der Waals surface area contributed by atoms with Gasteiger partial charge in [0.1, 0.15) is 11.8 Å². The third kappa shape index (κ3) is 6.16. The summed E-state index contributed by atoms with van der Waals surface area (Å²) < 4.78 is 68.7. The average Bonchev–Trinajstić information content (AvgIpc) is 3.28. The number of anilines is 1. The number of amides is 1. The van der Waals surface area contributed by atoms with Crippen LogP contribution in [-0.2, 0) is 20.0 Å². The molecule has 0 saturated carbocycles. The molecule has 0 bridgehead atoms. The Morgan fingerprint density at radius 1 is 1.12 bits per heavy atom. The van der Waals surface area contributed by atoms with E-state index in [0.29, 0.717) is 0 Å². The van der Waals surface area contributed by atoms with Gasteiger partial charge in [-0.25, -0.2) is 16.8 Å². The van der Waals surface area contributed by atoms with Crippen LogP contribution in [0, 0.1) is 26.7 Å². The van der Waals surface area contributed by atoms with E-state index < -0.39 is 44.0 Å². The maximum absolute atomic E-state index is 13.7. The van der Waals surface area contributed by atoms with E-state index in [4.69, 9.17) is 9.26 Å². The number of hydrogen-bond acceptors (Lipinski definition) is 9. The molecule has 42 heavy (non-hydrogen) atoms. The van der Waals surface area contributed by atoms with Crippen molar-refractivity contribution in [3.8, 4) is 5.75 Å². The van der Waals surface area contributed by atoms with Gasteiger partial charge in [0.25, 0.3) is 15.9 Å². The highest BCUT2D eigenvalue weighted by Gasteiger charge is 2.37. The van der Waals surface area contributed by atoms with Crippen molar-refractivity contribution >= 4 is 31.6 Å². The van der Waals surface area contributed by atoms with Crippen molar-refractivity contribution in [3.05, 3.63) is 65.0 Å². The molecule has 0 spiro atoms. The van der Waals surface area contributed by atoms with Crippen molar-refractivity contribution in [1.82, 2.24) is 14.4 Å². The molecule has 2 heterocycles. The molecule has 2 N–H and O–H groups in total. The molecular weight excluding hydrogens is 584 g/mol. The van der Waals surface area contributed by atoms with Gasteiger partial charge < -0.3 is 19.3 Å². The van der Waals surface area contributed by atoms with E-state index in [0.717, 1.165) is 5.56 Å². The molecule has 3 aromatic rings. The number of carbonyl (C=O) groups excluding carboxylic acids is 1. The third-order valence-corrected chi connectivity index (χ3v) is 10.8. The summed E-state index contributed by atoms with van der Waals surface area (Å²) in [5.41, 5.74) is 1.13. The first-order valence-electron chi connectivity index (χ1n) is 13.4. The Kier molecular flexibility index (Phi) is 9.02. The molecule has 4 rings (SSSR count). The maximum atomic E-state index is 13.7.